The molecule has 0 fully saturated rings. The predicted molar refractivity (Wildman–Crippen MR) is 104 cm³/mol. The number of ether oxygens (including phenoxy) is 1. The van der Waals surface area contributed by atoms with Crippen LogP contribution in [0, 0.1) is 12.7 Å². The summed E-state index contributed by atoms with van der Waals surface area (Å²) in [6, 6.07) is 11.1. The molecule has 0 saturated carbocycles. The van der Waals surface area contributed by atoms with Gasteiger partial charge >= 0.3 is 0 Å². The fraction of sp³-hybridized carbons (Fsp3) is 0.238. The number of hydrogen-bond acceptors (Lipinski definition) is 5. The van der Waals surface area contributed by atoms with Crippen molar-refractivity contribution in [2.24, 2.45) is 0 Å². The standard InChI is InChI=1S/C21H19FN2O3S/c1-13-20(28-19(23-13)12-27-18-6-3-16(22)4-7-18)21(26)24-9-8-14-2-5-17(25)10-15(14)11-24/h2-7,10,25H,8-9,11-12H2,1H3. The average molecular weight is 398 g/mol. The third-order valence-corrected chi connectivity index (χ3v) is 5.82. The van der Waals surface area contributed by atoms with Gasteiger partial charge in [0.05, 0.1) is 5.69 Å². The number of aromatic hydroxyl groups is 1. The summed E-state index contributed by atoms with van der Waals surface area (Å²) in [4.78, 5) is 19.8. The van der Waals surface area contributed by atoms with E-state index in [1.807, 2.05) is 13.0 Å². The zero-order chi connectivity index (χ0) is 19.7. The van der Waals surface area contributed by atoms with E-state index in [4.69, 9.17) is 4.74 Å². The first-order valence-electron chi connectivity index (χ1n) is 8.94. The van der Waals surface area contributed by atoms with Crippen LogP contribution in [0.3, 0.4) is 0 Å². The van der Waals surface area contributed by atoms with Crippen molar-refractivity contribution in [2.75, 3.05) is 6.54 Å². The van der Waals surface area contributed by atoms with Crippen LogP contribution in [0.4, 0.5) is 4.39 Å². The van der Waals surface area contributed by atoms with Crippen LogP contribution in [0.15, 0.2) is 42.5 Å². The van der Waals surface area contributed by atoms with Gasteiger partial charge in [0, 0.05) is 13.1 Å². The normalized spacial score (nSPS) is 13.3. The molecule has 1 N–H and O–H groups in total. The van der Waals surface area contributed by atoms with Crippen LogP contribution in [0.5, 0.6) is 11.5 Å². The molecule has 7 heteroatoms. The smallest absolute Gasteiger partial charge is 0.266 e. The molecule has 0 bridgehead atoms. The number of carbonyl (C=O) groups is 1. The maximum atomic E-state index is 13.0. The number of halogens is 1. The Morgan fingerprint density at radius 2 is 2.04 bits per heavy atom. The minimum atomic E-state index is -0.318. The zero-order valence-corrected chi connectivity index (χ0v) is 16.1. The number of benzene rings is 2. The van der Waals surface area contributed by atoms with Crippen LogP contribution in [0.2, 0.25) is 0 Å². The van der Waals surface area contributed by atoms with Crippen LogP contribution >= 0.6 is 11.3 Å². The molecule has 5 nitrogen and oxygen atoms in total. The van der Waals surface area contributed by atoms with Crippen molar-refractivity contribution in [1.29, 1.82) is 0 Å². The summed E-state index contributed by atoms with van der Waals surface area (Å²) in [5, 5.41) is 10.4. The highest BCUT2D eigenvalue weighted by atomic mass is 32.1. The molecule has 1 amide bonds. The van der Waals surface area contributed by atoms with Gasteiger partial charge in [0.15, 0.2) is 0 Å². The summed E-state index contributed by atoms with van der Waals surface area (Å²) in [6.45, 7) is 3.15. The van der Waals surface area contributed by atoms with Crippen LogP contribution < -0.4 is 4.74 Å². The van der Waals surface area contributed by atoms with Crippen LogP contribution in [0.1, 0.15) is 31.5 Å². The Morgan fingerprint density at radius 1 is 1.25 bits per heavy atom. The highest BCUT2D eigenvalue weighted by molar-refractivity contribution is 7.13. The molecule has 0 unspecified atom stereocenters. The van der Waals surface area contributed by atoms with Gasteiger partial charge in [0.25, 0.3) is 5.91 Å². The van der Waals surface area contributed by atoms with Gasteiger partial charge in [-0.05, 0) is 60.9 Å². The molecule has 2 heterocycles. The minimum Gasteiger partial charge on any atom is -0.508 e. The van der Waals surface area contributed by atoms with Crippen molar-refractivity contribution in [3.63, 3.8) is 0 Å². The van der Waals surface area contributed by atoms with Gasteiger partial charge in [0.2, 0.25) is 0 Å². The van der Waals surface area contributed by atoms with Crippen molar-refractivity contribution < 1.29 is 19.0 Å². The van der Waals surface area contributed by atoms with Gasteiger partial charge in [-0.3, -0.25) is 4.79 Å². The van der Waals surface area contributed by atoms with E-state index in [1.165, 1.54) is 23.5 Å². The third kappa shape index (κ3) is 3.84. The number of aryl methyl sites for hydroxylation is 1. The van der Waals surface area contributed by atoms with E-state index in [0.717, 1.165) is 17.5 Å². The van der Waals surface area contributed by atoms with Crippen molar-refractivity contribution in [2.45, 2.75) is 26.5 Å². The van der Waals surface area contributed by atoms with Gasteiger partial charge in [-0.2, -0.15) is 0 Å². The fourth-order valence-corrected chi connectivity index (χ4v) is 4.19. The highest BCUT2D eigenvalue weighted by Crippen LogP contribution is 2.27. The molecule has 0 aliphatic carbocycles. The molecule has 0 saturated heterocycles. The molecule has 144 valence electrons. The van der Waals surface area contributed by atoms with Crippen LogP contribution in [0.25, 0.3) is 0 Å². The third-order valence-electron chi connectivity index (χ3n) is 4.70. The summed E-state index contributed by atoms with van der Waals surface area (Å²) < 4.78 is 18.6. The number of phenolic OH excluding ortho intramolecular Hbond substituents is 1. The maximum Gasteiger partial charge on any atom is 0.266 e. The first kappa shape index (κ1) is 18.4. The molecule has 3 aromatic rings. The number of rotatable bonds is 4. The number of hydrogen-bond donors (Lipinski definition) is 1. The maximum absolute atomic E-state index is 13.0. The van der Waals surface area contributed by atoms with E-state index < -0.39 is 0 Å². The summed E-state index contributed by atoms with van der Waals surface area (Å²) in [5.41, 5.74) is 2.81. The Kier molecular flexibility index (Phi) is 5.00. The number of thiazole rings is 1. The van der Waals surface area contributed by atoms with E-state index in [0.29, 0.717) is 34.4 Å². The lowest BCUT2D eigenvalue weighted by Crippen LogP contribution is -2.35. The molecule has 0 atom stereocenters. The Balaban J connectivity index is 1.45. The molecule has 1 aromatic heterocycles. The zero-order valence-electron chi connectivity index (χ0n) is 15.3. The molecule has 1 aliphatic heterocycles. The molecule has 0 spiro atoms. The first-order chi connectivity index (χ1) is 13.5. The second-order valence-electron chi connectivity index (χ2n) is 6.69. The molecular formula is C21H19FN2O3S. The van der Waals surface area contributed by atoms with Gasteiger partial charge < -0.3 is 14.7 Å². The quantitative estimate of drug-likeness (QED) is 0.720. The molecular weight excluding hydrogens is 379 g/mol. The second-order valence-corrected chi connectivity index (χ2v) is 7.78. The second kappa shape index (κ2) is 7.59. The number of nitrogens with zero attached hydrogens (tertiary/aromatic N) is 2. The highest BCUT2D eigenvalue weighted by Gasteiger charge is 2.25. The predicted octanol–water partition coefficient (Wildman–Crippen LogP) is 4.07. The summed E-state index contributed by atoms with van der Waals surface area (Å²) in [6.07, 6.45) is 0.764. The van der Waals surface area contributed by atoms with E-state index in [1.54, 1.807) is 29.2 Å². The minimum absolute atomic E-state index is 0.0583. The Bertz CT molecular complexity index is 1020. The molecule has 2 aromatic carbocycles. The number of aromatic nitrogens is 1. The van der Waals surface area contributed by atoms with E-state index in [9.17, 15) is 14.3 Å². The fourth-order valence-electron chi connectivity index (χ4n) is 3.25. The Morgan fingerprint density at radius 3 is 2.82 bits per heavy atom. The average Bonchev–Trinajstić information content (AvgIpc) is 3.07. The lowest BCUT2D eigenvalue weighted by molar-refractivity contribution is 0.0738. The Labute approximate surface area is 166 Å². The number of phenols is 1. The van der Waals surface area contributed by atoms with Gasteiger partial charge in [-0.25, -0.2) is 9.37 Å². The van der Waals surface area contributed by atoms with E-state index in [2.05, 4.69) is 4.98 Å². The van der Waals surface area contributed by atoms with Crippen LogP contribution in [-0.2, 0) is 19.6 Å². The first-order valence-corrected chi connectivity index (χ1v) is 9.76. The molecule has 4 rings (SSSR count). The lowest BCUT2D eigenvalue weighted by atomic mass is 9.99. The largest absolute Gasteiger partial charge is 0.508 e. The van der Waals surface area contributed by atoms with Crippen molar-refractivity contribution in [3.05, 3.63) is 75.0 Å². The summed E-state index contributed by atoms with van der Waals surface area (Å²) in [5.74, 6) is 0.385. The van der Waals surface area contributed by atoms with Gasteiger partial charge in [-0.1, -0.05) is 6.07 Å². The van der Waals surface area contributed by atoms with Gasteiger partial charge in [-0.15, -0.1) is 11.3 Å². The van der Waals surface area contributed by atoms with Crippen molar-refractivity contribution in [3.8, 4) is 11.5 Å². The number of carbonyl (C=O) groups excluding carboxylic acids is 1. The number of fused-ring (bicyclic) bond motifs is 1. The summed E-state index contributed by atoms with van der Waals surface area (Å²) >= 11 is 1.32. The van der Waals surface area contributed by atoms with Crippen molar-refractivity contribution >= 4 is 17.2 Å². The molecule has 1 aliphatic rings. The van der Waals surface area contributed by atoms with Crippen LogP contribution in [-0.4, -0.2) is 27.4 Å². The molecule has 28 heavy (non-hydrogen) atoms. The SMILES string of the molecule is Cc1nc(COc2ccc(F)cc2)sc1C(=O)N1CCc2ccc(O)cc2C1. The van der Waals surface area contributed by atoms with Crippen molar-refractivity contribution in [1.82, 2.24) is 9.88 Å². The van der Waals surface area contributed by atoms with E-state index >= 15 is 0 Å². The Hall–Kier alpha value is -2.93. The van der Waals surface area contributed by atoms with Gasteiger partial charge in [0.1, 0.15) is 33.8 Å². The van der Waals surface area contributed by atoms with E-state index in [-0.39, 0.29) is 24.1 Å². The summed E-state index contributed by atoms with van der Waals surface area (Å²) in [7, 11) is 0. The topological polar surface area (TPSA) is 62.7 Å². The lowest BCUT2D eigenvalue weighted by Gasteiger charge is -2.28. The molecule has 0 radical (unpaired) electrons. The number of amides is 1. The monoisotopic (exact) mass is 398 g/mol.